The third-order valence-corrected chi connectivity index (χ3v) is 7.93. The quantitative estimate of drug-likeness (QED) is 0.373. The van der Waals surface area contributed by atoms with Gasteiger partial charge in [0.25, 0.3) is 0 Å². The molecule has 3 aromatic rings. The van der Waals surface area contributed by atoms with E-state index < -0.39 is 10.0 Å². The fourth-order valence-corrected chi connectivity index (χ4v) is 5.15. The Kier molecular flexibility index (Phi) is 8.64. The standard InChI is InChI=1S/C24H24Br2N2O3S/c1-18(20-7-9-21(25)10-8-20)27-24(29)17-28(16-15-19-5-3-2-4-6-19)32(30,31)23-13-11-22(26)12-14-23/h2-14,18H,15-17H2,1H3,(H,27,29)/t18-/m0/s1. The lowest BCUT2D eigenvalue weighted by Gasteiger charge is -2.23. The molecule has 1 atom stereocenters. The molecular weight excluding hydrogens is 556 g/mol. The van der Waals surface area contributed by atoms with E-state index in [0.717, 1.165) is 20.1 Å². The number of rotatable bonds is 9. The molecule has 0 saturated heterocycles. The number of carbonyl (C=O) groups is 1. The van der Waals surface area contributed by atoms with Crippen LogP contribution in [0.1, 0.15) is 24.1 Å². The normalized spacial score (nSPS) is 12.5. The van der Waals surface area contributed by atoms with Crippen molar-refractivity contribution in [3.8, 4) is 0 Å². The number of hydrogen-bond donors (Lipinski definition) is 1. The highest BCUT2D eigenvalue weighted by Gasteiger charge is 2.27. The molecule has 0 spiro atoms. The van der Waals surface area contributed by atoms with Crippen LogP contribution in [0.3, 0.4) is 0 Å². The van der Waals surface area contributed by atoms with Gasteiger partial charge in [0.2, 0.25) is 15.9 Å². The molecule has 0 heterocycles. The largest absolute Gasteiger partial charge is 0.348 e. The Morgan fingerprint density at radius 2 is 1.47 bits per heavy atom. The summed E-state index contributed by atoms with van der Waals surface area (Å²) in [4.78, 5) is 13.0. The molecule has 32 heavy (non-hydrogen) atoms. The van der Waals surface area contributed by atoms with Gasteiger partial charge >= 0.3 is 0 Å². The van der Waals surface area contributed by atoms with Gasteiger partial charge in [0.05, 0.1) is 17.5 Å². The van der Waals surface area contributed by atoms with E-state index in [0.29, 0.717) is 6.42 Å². The van der Waals surface area contributed by atoms with Gasteiger partial charge in [-0.05, 0) is 60.9 Å². The average molecular weight is 580 g/mol. The first-order valence-electron chi connectivity index (χ1n) is 10.1. The van der Waals surface area contributed by atoms with Crippen molar-refractivity contribution < 1.29 is 13.2 Å². The van der Waals surface area contributed by atoms with E-state index in [2.05, 4.69) is 37.2 Å². The molecule has 0 aliphatic carbocycles. The van der Waals surface area contributed by atoms with E-state index in [1.54, 1.807) is 12.1 Å². The molecule has 8 heteroatoms. The molecule has 0 radical (unpaired) electrons. The number of amides is 1. The fourth-order valence-electron chi connectivity index (χ4n) is 3.22. The number of carbonyl (C=O) groups excluding carboxylic acids is 1. The van der Waals surface area contributed by atoms with Crippen LogP contribution in [-0.2, 0) is 21.2 Å². The molecule has 168 valence electrons. The molecule has 0 bridgehead atoms. The highest BCUT2D eigenvalue weighted by atomic mass is 79.9. The summed E-state index contributed by atoms with van der Waals surface area (Å²) in [6.45, 7) is 1.81. The molecule has 1 amide bonds. The van der Waals surface area contributed by atoms with E-state index in [4.69, 9.17) is 0 Å². The van der Waals surface area contributed by atoms with Crippen LogP contribution in [0, 0.1) is 0 Å². The lowest BCUT2D eigenvalue weighted by Crippen LogP contribution is -2.42. The zero-order valence-corrected chi connectivity index (χ0v) is 21.5. The van der Waals surface area contributed by atoms with Gasteiger partial charge in [0.1, 0.15) is 0 Å². The Bertz CT molecular complexity index is 1140. The van der Waals surface area contributed by atoms with Gasteiger partial charge in [-0.1, -0.05) is 74.3 Å². The molecule has 0 unspecified atom stereocenters. The first-order chi connectivity index (χ1) is 15.3. The van der Waals surface area contributed by atoms with Crippen LogP contribution in [0.4, 0.5) is 0 Å². The summed E-state index contributed by atoms with van der Waals surface area (Å²) in [5.74, 6) is -0.353. The lowest BCUT2D eigenvalue weighted by atomic mass is 10.1. The minimum Gasteiger partial charge on any atom is -0.348 e. The molecule has 3 rings (SSSR count). The maximum atomic E-state index is 13.3. The van der Waals surface area contributed by atoms with Crippen LogP contribution in [0.2, 0.25) is 0 Å². The van der Waals surface area contributed by atoms with Gasteiger partial charge in [-0.25, -0.2) is 8.42 Å². The van der Waals surface area contributed by atoms with Crippen molar-refractivity contribution in [3.63, 3.8) is 0 Å². The minimum atomic E-state index is -3.84. The smallest absolute Gasteiger partial charge is 0.243 e. The SMILES string of the molecule is C[C@H](NC(=O)CN(CCc1ccccc1)S(=O)(=O)c1ccc(Br)cc1)c1ccc(Br)cc1. The van der Waals surface area contributed by atoms with Gasteiger partial charge in [-0.15, -0.1) is 0 Å². The Hall–Kier alpha value is -2.00. The van der Waals surface area contributed by atoms with Crippen molar-refractivity contribution in [1.29, 1.82) is 0 Å². The number of hydrogen-bond acceptors (Lipinski definition) is 3. The minimum absolute atomic E-state index is 0.155. The first-order valence-corrected chi connectivity index (χ1v) is 13.1. The summed E-state index contributed by atoms with van der Waals surface area (Å²) in [5, 5.41) is 2.91. The van der Waals surface area contributed by atoms with Gasteiger partial charge in [-0.2, -0.15) is 4.31 Å². The van der Waals surface area contributed by atoms with E-state index >= 15 is 0 Å². The van der Waals surface area contributed by atoms with Crippen LogP contribution in [-0.4, -0.2) is 31.7 Å². The summed E-state index contributed by atoms with van der Waals surface area (Å²) in [7, 11) is -3.84. The summed E-state index contributed by atoms with van der Waals surface area (Å²) in [6, 6.07) is 23.5. The number of halogens is 2. The molecule has 0 fully saturated rings. The van der Waals surface area contributed by atoms with E-state index in [9.17, 15) is 13.2 Å². The van der Waals surface area contributed by atoms with E-state index in [-0.39, 0.29) is 29.9 Å². The highest BCUT2D eigenvalue weighted by molar-refractivity contribution is 9.10. The lowest BCUT2D eigenvalue weighted by molar-refractivity contribution is -0.121. The molecule has 0 aromatic heterocycles. The molecule has 3 aromatic carbocycles. The Morgan fingerprint density at radius 1 is 0.906 bits per heavy atom. The molecule has 1 N–H and O–H groups in total. The van der Waals surface area contributed by atoms with Crippen LogP contribution >= 0.6 is 31.9 Å². The Balaban J connectivity index is 1.77. The second kappa shape index (κ2) is 11.2. The summed E-state index contributed by atoms with van der Waals surface area (Å²) >= 11 is 6.73. The average Bonchev–Trinajstić information content (AvgIpc) is 2.78. The summed E-state index contributed by atoms with van der Waals surface area (Å²) in [5.41, 5.74) is 1.94. The number of benzene rings is 3. The second-order valence-electron chi connectivity index (χ2n) is 7.37. The highest BCUT2D eigenvalue weighted by Crippen LogP contribution is 2.20. The number of nitrogens with zero attached hydrogens (tertiary/aromatic N) is 1. The van der Waals surface area contributed by atoms with Gasteiger partial charge in [0.15, 0.2) is 0 Å². The van der Waals surface area contributed by atoms with E-state index in [1.165, 1.54) is 16.4 Å². The molecule has 0 saturated carbocycles. The van der Waals surface area contributed by atoms with Gasteiger partial charge < -0.3 is 5.32 Å². The topological polar surface area (TPSA) is 66.5 Å². The van der Waals surface area contributed by atoms with Crippen LogP contribution in [0.15, 0.2) is 92.7 Å². The monoisotopic (exact) mass is 578 g/mol. The predicted molar refractivity (Wildman–Crippen MR) is 134 cm³/mol. The van der Waals surface area contributed by atoms with Gasteiger partial charge in [-0.3, -0.25) is 4.79 Å². The Labute approximate surface area is 206 Å². The van der Waals surface area contributed by atoms with Crippen molar-refractivity contribution in [1.82, 2.24) is 9.62 Å². The van der Waals surface area contributed by atoms with Crippen molar-refractivity contribution >= 4 is 47.8 Å². The predicted octanol–water partition coefficient (Wildman–Crippen LogP) is 5.32. The molecular formula is C24H24Br2N2O3S. The van der Waals surface area contributed by atoms with Crippen LogP contribution < -0.4 is 5.32 Å². The van der Waals surface area contributed by atoms with Crippen molar-refractivity contribution in [2.75, 3.05) is 13.1 Å². The summed E-state index contributed by atoms with van der Waals surface area (Å²) < 4.78 is 29.6. The van der Waals surface area contributed by atoms with Gasteiger partial charge in [0, 0.05) is 15.5 Å². The van der Waals surface area contributed by atoms with Crippen molar-refractivity contribution in [2.45, 2.75) is 24.3 Å². The molecule has 0 aliphatic heterocycles. The van der Waals surface area contributed by atoms with E-state index in [1.807, 2.05) is 61.5 Å². The number of nitrogens with one attached hydrogen (secondary N) is 1. The third-order valence-electron chi connectivity index (χ3n) is 5.01. The maximum Gasteiger partial charge on any atom is 0.243 e. The summed E-state index contributed by atoms with van der Waals surface area (Å²) in [6.07, 6.45) is 0.506. The number of sulfonamides is 1. The van der Waals surface area contributed by atoms with Crippen molar-refractivity contribution in [3.05, 3.63) is 98.9 Å². The van der Waals surface area contributed by atoms with Crippen LogP contribution in [0.25, 0.3) is 0 Å². The third kappa shape index (κ3) is 6.75. The fraction of sp³-hybridized carbons (Fsp3) is 0.208. The molecule has 5 nitrogen and oxygen atoms in total. The maximum absolute atomic E-state index is 13.3. The first kappa shape index (κ1) is 24.6. The second-order valence-corrected chi connectivity index (χ2v) is 11.1. The zero-order valence-electron chi connectivity index (χ0n) is 17.5. The van der Waals surface area contributed by atoms with Crippen molar-refractivity contribution in [2.24, 2.45) is 0 Å². The Morgan fingerprint density at radius 3 is 2.06 bits per heavy atom. The zero-order chi connectivity index (χ0) is 23.1. The van der Waals surface area contributed by atoms with Crippen LogP contribution in [0.5, 0.6) is 0 Å². The molecule has 0 aliphatic rings.